The van der Waals surface area contributed by atoms with Crippen molar-refractivity contribution in [2.24, 2.45) is 0 Å². The Bertz CT molecular complexity index is 434. The molecule has 98 valence electrons. The van der Waals surface area contributed by atoms with Crippen molar-refractivity contribution in [1.82, 2.24) is 4.90 Å². The first-order chi connectivity index (χ1) is 8.70. The van der Waals surface area contributed by atoms with E-state index in [1.165, 1.54) is 11.1 Å². The van der Waals surface area contributed by atoms with Gasteiger partial charge in [0.2, 0.25) is 5.91 Å². The van der Waals surface area contributed by atoms with Crippen LogP contribution in [0.3, 0.4) is 0 Å². The molecule has 0 saturated carbocycles. The summed E-state index contributed by atoms with van der Waals surface area (Å²) in [7, 11) is 1.82. The van der Waals surface area contributed by atoms with Crippen LogP contribution in [0.25, 0.3) is 0 Å². The lowest BCUT2D eigenvalue weighted by atomic mass is 10.1. The Hall–Kier alpha value is -1.22. The van der Waals surface area contributed by atoms with Crippen LogP contribution in [-0.4, -0.2) is 36.9 Å². The Balaban J connectivity index is 1.88. The summed E-state index contributed by atoms with van der Waals surface area (Å²) >= 11 is 5.56. The molecule has 3 nitrogen and oxygen atoms in total. The third kappa shape index (κ3) is 3.16. The topological polar surface area (TPSA) is 29.5 Å². The zero-order chi connectivity index (χ0) is 13.0. The molecule has 2 rings (SSSR count). The van der Waals surface area contributed by atoms with Crippen molar-refractivity contribution in [3.8, 4) is 5.75 Å². The first-order valence-corrected chi connectivity index (χ1v) is 6.78. The van der Waals surface area contributed by atoms with Gasteiger partial charge in [0.15, 0.2) is 0 Å². The summed E-state index contributed by atoms with van der Waals surface area (Å²) in [5.41, 5.74) is 2.53. The maximum Gasteiger partial charge on any atom is 0.223 e. The van der Waals surface area contributed by atoms with Gasteiger partial charge >= 0.3 is 0 Å². The summed E-state index contributed by atoms with van der Waals surface area (Å²) in [4.78, 5) is 13.3. The van der Waals surface area contributed by atoms with E-state index in [4.69, 9.17) is 16.3 Å². The molecule has 0 saturated heterocycles. The second-order valence-corrected chi connectivity index (χ2v) is 4.92. The molecule has 0 bridgehead atoms. The summed E-state index contributed by atoms with van der Waals surface area (Å²) < 4.78 is 5.47. The number of ether oxygens (including phenoxy) is 1. The third-order valence-electron chi connectivity index (χ3n) is 3.22. The Labute approximate surface area is 113 Å². The minimum atomic E-state index is 0.106. The zero-order valence-electron chi connectivity index (χ0n) is 10.6. The third-order valence-corrected chi connectivity index (χ3v) is 3.41. The molecular weight excluding hydrogens is 250 g/mol. The van der Waals surface area contributed by atoms with E-state index in [2.05, 4.69) is 12.1 Å². The van der Waals surface area contributed by atoms with Crippen molar-refractivity contribution in [3.63, 3.8) is 0 Å². The molecule has 1 aliphatic heterocycles. The van der Waals surface area contributed by atoms with E-state index >= 15 is 0 Å². The van der Waals surface area contributed by atoms with Gasteiger partial charge in [0, 0.05) is 32.3 Å². The molecule has 1 aromatic carbocycles. The number of benzene rings is 1. The van der Waals surface area contributed by atoms with Crippen LogP contribution in [0.1, 0.15) is 17.5 Å². The van der Waals surface area contributed by atoms with Gasteiger partial charge in [0.05, 0.1) is 6.61 Å². The minimum Gasteiger partial charge on any atom is -0.493 e. The number of rotatable bonds is 5. The molecule has 0 atom stereocenters. The highest BCUT2D eigenvalue weighted by Gasteiger charge is 2.13. The van der Waals surface area contributed by atoms with Crippen LogP contribution in [0.15, 0.2) is 18.2 Å². The highest BCUT2D eigenvalue weighted by molar-refractivity contribution is 6.18. The smallest absolute Gasteiger partial charge is 0.223 e. The van der Waals surface area contributed by atoms with Gasteiger partial charge in [0.25, 0.3) is 0 Å². The van der Waals surface area contributed by atoms with Crippen molar-refractivity contribution < 1.29 is 9.53 Å². The number of fused-ring (bicyclic) bond motifs is 1. The molecule has 0 aliphatic carbocycles. The van der Waals surface area contributed by atoms with Crippen molar-refractivity contribution in [1.29, 1.82) is 0 Å². The maximum absolute atomic E-state index is 11.6. The molecule has 0 aromatic heterocycles. The van der Waals surface area contributed by atoms with Gasteiger partial charge < -0.3 is 9.64 Å². The van der Waals surface area contributed by atoms with Gasteiger partial charge in [-0.2, -0.15) is 0 Å². The van der Waals surface area contributed by atoms with Crippen molar-refractivity contribution in [2.45, 2.75) is 19.3 Å². The number of carbonyl (C=O) groups excluding carboxylic acids is 1. The number of halogens is 1. The normalized spacial score (nSPS) is 13.0. The molecular formula is C14H18ClNO2. The first-order valence-electron chi connectivity index (χ1n) is 6.25. The lowest BCUT2D eigenvalue weighted by Gasteiger charge is -2.16. The average molecular weight is 268 g/mol. The molecule has 0 radical (unpaired) electrons. The predicted octanol–water partition coefficient (Wildman–Crippen LogP) is 2.25. The second kappa shape index (κ2) is 6.10. The standard InChI is InChI=1S/C14H18ClNO2/c1-16(14(17)4-7-15)8-5-11-2-3-13-12(10-11)6-9-18-13/h2-3,10H,4-9H2,1H3. The number of likely N-dealkylation sites (N-methyl/N-ethyl adjacent to an activating group) is 1. The SMILES string of the molecule is CN(CCc1ccc2c(c1)CCO2)C(=O)CCCl. The number of hydrogen-bond donors (Lipinski definition) is 0. The second-order valence-electron chi connectivity index (χ2n) is 4.54. The Kier molecular flexibility index (Phi) is 4.48. The van der Waals surface area contributed by atoms with Gasteiger partial charge in [-0.1, -0.05) is 12.1 Å². The summed E-state index contributed by atoms with van der Waals surface area (Å²) in [6.07, 6.45) is 2.28. The van der Waals surface area contributed by atoms with Crippen molar-refractivity contribution in [3.05, 3.63) is 29.3 Å². The van der Waals surface area contributed by atoms with Crippen molar-refractivity contribution in [2.75, 3.05) is 26.1 Å². The number of carbonyl (C=O) groups is 1. The van der Waals surface area contributed by atoms with E-state index in [9.17, 15) is 4.79 Å². The molecule has 0 spiro atoms. The largest absolute Gasteiger partial charge is 0.493 e. The van der Waals surface area contributed by atoms with Crippen LogP contribution in [0.5, 0.6) is 5.75 Å². The summed E-state index contributed by atoms with van der Waals surface area (Å²) in [5.74, 6) is 1.50. The van der Waals surface area contributed by atoms with Gasteiger partial charge in [-0.15, -0.1) is 11.6 Å². The Morgan fingerprint density at radius 1 is 1.50 bits per heavy atom. The molecule has 18 heavy (non-hydrogen) atoms. The first kappa shape index (κ1) is 13.2. The molecule has 1 aromatic rings. The molecule has 1 heterocycles. The van der Waals surface area contributed by atoms with E-state index in [1.54, 1.807) is 4.90 Å². The number of amides is 1. The van der Waals surface area contributed by atoms with Crippen molar-refractivity contribution >= 4 is 17.5 Å². The number of hydrogen-bond acceptors (Lipinski definition) is 2. The molecule has 0 N–H and O–H groups in total. The fraction of sp³-hybridized carbons (Fsp3) is 0.500. The fourth-order valence-corrected chi connectivity index (χ4v) is 2.25. The van der Waals surface area contributed by atoms with Gasteiger partial charge in [-0.3, -0.25) is 4.79 Å². The van der Waals surface area contributed by atoms with E-state index in [-0.39, 0.29) is 5.91 Å². The number of nitrogens with zero attached hydrogens (tertiary/aromatic N) is 1. The van der Waals surface area contributed by atoms with Gasteiger partial charge in [-0.05, 0) is 23.6 Å². The van der Waals surface area contributed by atoms with Crippen LogP contribution in [0.4, 0.5) is 0 Å². The average Bonchev–Trinajstić information content (AvgIpc) is 2.83. The van der Waals surface area contributed by atoms with Gasteiger partial charge in [-0.25, -0.2) is 0 Å². The quantitative estimate of drug-likeness (QED) is 0.766. The van der Waals surface area contributed by atoms with Crippen LogP contribution in [-0.2, 0) is 17.6 Å². The summed E-state index contributed by atoms with van der Waals surface area (Å²) in [6.45, 7) is 1.52. The lowest BCUT2D eigenvalue weighted by molar-refractivity contribution is -0.129. The zero-order valence-corrected chi connectivity index (χ0v) is 11.4. The molecule has 4 heteroatoms. The van der Waals surface area contributed by atoms with Crippen LogP contribution >= 0.6 is 11.6 Å². The Morgan fingerprint density at radius 2 is 2.33 bits per heavy atom. The van der Waals surface area contributed by atoms with E-state index in [1.807, 2.05) is 13.1 Å². The van der Waals surface area contributed by atoms with Crippen LogP contribution in [0.2, 0.25) is 0 Å². The molecule has 1 amide bonds. The molecule has 0 fully saturated rings. The predicted molar refractivity (Wildman–Crippen MR) is 72.3 cm³/mol. The monoisotopic (exact) mass is 267 g/mol. The minimum absolute atomic E-state index is 0.106. The maximum atomic E-state index is 11.6. The fourth-order valence-electron chi connectivity index (χ4n) is 2.09. The highest BCUT2D eigenvalue weighted by Crippen LogP contribution is 2.25. The number of alkyl halides is 1. The summed E-state index contributed by atoms with van der Waals surface area (Å²) in [5, 5.41) is 0. The highest BCUT2D eigenvalue weighted by atomic mass is 35.5. The van der Waals surface area contributed by atoms with Crippen LogP contribution in [0, 0.1) is 0 Å². The van der Waals surface area contributed by atoms with E-state index in [0.29, 0.717) is 12.3 Å². The van der Waals surface area contributed by atoms with Gasteiger partial charge in [0.1, 0.15) is 5.75 Å². The van der Waals surface area contributed by atoms with E-state index in [0.717, 1.165) is 31.7 Å². The molecule has 1 aliphatic rings. The van der Waals surface area contributed by atoms with E-state index < -0.39 is 0 Å². The molecule has 0 unspecified atom stereocenters. The van der Waals surface area contributed by atoms with Crippen LogP contribution < -0.4 is 4.74 Å². The Morgan fingerprint density at radius 3 is 3.11 bits per heavy atom. The lowest BCUT2D eigenvalue weighted by Crippen LogP contribution is -2.28. The summed E-state index contributed by atoms with van der Waals surface area (Å²) in [6, 6.07) is 6.28.